The first-order valence-corrected chi connectivity index (χ1v) is 9.94. The second-order valence-electron chi connectivity index (χ2n) is 8.30. The minimum absolute atomic E-state index is 0.0135. The highest BCUT2D eigenvalue weighted by Gasteiger charge is 2.70. The third-order valence-electron chi connectivity index (χ3n) is 6.08. The summed E-state index contributed by atoms with van der Waals surface area (Å²) in [5, 5.41) is 0.0229. The Hall–Kier alpha value is -2.20. The lowest BCUT2D eigenvalue weighted by atomic mass is 9.33. The molecule has 3 saturated carbocycles. The average Bonchev–Trinajstić information content (AvgIpc) is 2.63. The lowest BCUT2D eigenvalue weighted by Crippen LogP contribution is -2.65. The van der Waals surface area contributed by atoms with Crippen molar-refractivity contribution in [3.05, 3.63) is 64.9 Å². The lowest BCUT2D eigenvalue weighted by molar-refractivity contribution is -0.208. The monoisotopic (exact) mass is 400 g/mol. The number of hydrogen-bond acceptors (Lipinski definition) is 3. The van der Waals surface area contributed by atoms with E-state index in [0.717, 1.165) is 25.7 Å². The van der Waals surface area contributed by atoms with Gasteiger partial charge in [0.05, 0.1) is 5.02 Å². The first-order valence-electron chi connectivity index (χ1n) is 9.57. The zero-order chi connectivity index (χ0) is 19.8. The minimum Gasteiger partial charge on any atom is -0.486 e. The molecule has 0 amide bonds. The van der Waals surface area contributed by atoms with Gasteiger partial charge in [-0.25, -0.2) is 4.39 Å². The van der Waals surface area contributed by atoms with Crippen LogP contribution in [0.1, 0.15) is 37.7 Å². The highest BCUT2D eigenvalue weighted by Crippen LogP contribution is 2.75. The van der Waals surface area contributed by atoms with Crippen LogP contribution in [0.5, 0.6) is 5.75 Å². The molecule has 0 N–H and O–H groups in total. The molecule has 146 valence electrons. The number of rotatable bonds is 9. The second kappa shape index (κ2) is 7.32. The van der Waals surface area contributed by atoms with Gasteiger partial charge in [0.2, 0.25) is 0 Å². The molecule has 3 aliphatic rings. The number of benzene rings is 2. The van der Waals surface area contributed by atoms with Gasteiger partial charge in [-0.2, -0.15) is 0 Å². The summed E-state index contributed by atoms with van der Waals surface area (Å²) in [4.78, 5) is 24.9. The summed E-state index contributed by atoms with van der Waals surface area (Å²) in [7, 11) is 0. The van der Waals surface area contributed by atoms with Crippen molar-refractivity contribution in [1.82, 2.24) is 0 Å². The van der Waals surface area contributed by atoms with E-state index in [9.17, 15) is 14.0 Å². The number of ketones is 2. The Kier molecular flexibility index (Phi) is 5.00. The maximum Gasteiger partial charge on any atom is 0.170 e. The molecule has 0 unspecified atom stereocenters. The molecule has 2 aromatic rings. The Labute approximate surface area is 168 Å². The average molecular weight is 401 g/mol. The van der Waals surface area contributed by atoms with Crippen molar-refractivity contribution in [1.29, 1.82) is 0 Å². The molecule has 0 aliphatic heterocycles. The summed E-state index contributed by atoms with van der Waals surface area (Å²) < 4.78 is 18.8. The van der Waals surface area contributed by atoms with E-state index >= 15 is 0 Å². The van der Waals surface area contributed by atoms with Gasteiger partial charge in [0, 0.05) is 24.3 Å². The number of ether oxygens (including phenoxy) is 1. The van der Waals surface area contributed by atoms with E-state index in [1.165, 1.54) is 17.7 Å². The van der Waals surface area contributed by atoms with E-state index < -0.39 is 5.82 Å². The number of aryl methyl sites for hydroxylation is 1. The highest BCUT2D eigenvalue weighted by molar-refractivity contribution is 6.30. The Bertz CT molecular complexity index is 890. The van der Waals surface area contributed by atoms with E-state index in [2.05, 4.69) is 0 Å². The van der Waals surface area contributed by atoms with Crippen LogP contribution in [-0.4, -0.2) is 18.2 Å². The van der Waals surface area contributed by atoms with Crippen LogP contribution in [0, 0.1) is 16.6 Å². The van der Waals surface area contributed by atoms with Crippen molar-refractivity contribution < 1.29 is 18.7 Å². The molecule has 3 fully saturated rings. The van der Waals surface area contributed by atoms with Crippen LogP contribution in [0.3, 0.4) is 0 Å². The normalized spacial score (nSPS) is 24.8. The maximum atomic E-state index is 13.4. The van der Waals surface area contributed by atoms with Gasteiger partial charge >= 0.3 is 0 Å². The van der Waals surface area contributed by atoms with Crippen LogP contribution in [0.25, 0.3) is 0 Å². The molecule has 0 spiro atoms. The minimum atomic E-state index is -0.568. The zero-order valence-corrected chi connectivity index (χ0v) is 16.3. The van der Waals surface area contributed by atoms with E-state index in [0.29, 0.717) is 24.4 Å². The van der Waals surface area contributed by atoms with Gasteiger partial charge in [0.1, 0.15) is 24.0 Å². The Morgan fingerprint density at radius 1 is 1.07 bits per heavy atom. The Morgan fingerprint density at radius 3 is 2.46 bits per heavy atom. The number of carbonyl (C=O) groups excluding carboxylic acids is 2. The zero-order valence-electron chi connectivity index (χ0n) is 15.5. The van der Waals surface area contributed by atoms with Crippen LogP contribution < -0.4 is 4.74 Å². The summed E-state index contributed by atoms with van der Waals surface area (Å²) in [6, 6.07) is 14.2. The molecule has 3 aliphatic carbocycles. The fraction of sp³-hybridized carbons (Fsp3) is 0.391. The molecule has 5 rings (SSSR count). The van der Waals surface area contributed by atoms with E-state index in [1.54, 1.807) is 6.07 Å². The highest BCUT2D eigenvalue weighted by atomic mass is 35.5. The fourth-order valence-electron chi connectivity index (χ4n) is 4.85. The summed E-state index contributed by atoms with van der Waals surface area (Å²) in [5.41, 5.74) is 0.978. The van der Waals surface area contributed by atoms with Crippen LogP contribution in [0.15, 0.2) is 48.5 Å². The molecule has 3 nitrogen and oxygen atoms in total. The molecular formula is C23H22ClFO3. The maximum absolute atomic E-state index is 13.4. The number of carbonyl (C=O) groups is 2. The lowest BCUT2D eigenvalue weighted by Gasteiger charge is -2.70. The smallest absolute Gasteiger partial charge is 0.170 e. The molecule has 0 aromatic heterocycles. The van der Waals surface area contributed by atoms with E-state index in [4.69, 9.17) is 16.3 Å². The van der Waals surface area contributed by atoms with Gasteiger partial charge in [0.15, 0.2) is 5.78 Å². The van der Waals surface area contributed by atoms with Gasteiger partial charge in [0.25, 0.3) is 0 Å². The van der Waals surface area contributed by atoms with E-state index in [-0.39, 0.29) is 28.2 Å². The molecule has 2 bridgehead atoms. The molecule has 28 heavy (non-hydrogen) atoms. The first kappa shape index (κ1) is 19.1. The second-order valence-corrected chi connectivity index (χ2v) is 8.71. The number of Topliss-reactive ketones (excluding diaryl/α,β-unsaturated/α-hetero) is 2. The molecular weight excluding hydrogens is 379 g/mol. The predicted molar refractivity (Wildman–Crippen MR) is 105 cm³/mol. The molecule has 0 atom stereocenters. The molecule has 2 aromatic carbocycles. The first-order chi connectivity index (χ1) is 13.4. The van der Waals surface area contributed by atoms with E-state index in [1.807, 2.05) is 30.3 Å². The number of halogens is 2. The van der Waals surface area contributed by atoms with Crippen molar-refractivity contribution in [2.24, 2.45) is 10.8 Å². The Balaban J connectivity index is 1.21. The third-order valence-corrected chi connectivity index (χ3v) is 6.38. The van der Waals surface area contributed by atoms with Crippen molar-refractivity contribution in [2.75, 3.05) is 6.61 Å². The SMILES string of the molecule is O=C(COc1ccc(Cl)c(F)c1)CC12CC(C(=O)CCc3ccccc3)(C1)C2. The standard InChI is InChI=1S/C23H22ClFO3/c24-19-8-7-18(10-20(19)25)28-12-17(26)11-22-13-23(14-22,15-22)21(27)9-6-16-4-2-1-3-5-16/h1-5,7-8,10H,6,9,11-15H2. The summed E-state index contributed by atoms with van der Waals surface area (Å²) in [5.74, 6) is 0.0429. The molecule has 0 heterocycles. The predicted octanol–water partition coefficient (Wildman–Crippen LogP) is 5.19. The molecule has 5 heteroatoms. The largest absolute Gasteiger partial charge is 0.486 e. The van der Waals surface area contributed by atoms with Gasteiger partial charge in [-0.3, -0.25) is 9.59 Å². The van der Waals surface area contributed by atoms with Crippen LogP contribution >= 0.6 is 11.6 Å². The topological polar surface area (TPSA) is 43.4 Å². The summed E-state index contributed by atoms with van der Waals surface area (Å²) in [6.07, 6.45) is 4.22. The van der Waals surface area contributed by atoms with Crippen LogP contribution in [0.2, 0.25) is 5.02 Å². The number of hydrogen-bond donors (Lipinski definition) is 0. The van der Waals surface area contributed by atoms with Crippen LogP contribution in [-0.2, 0) is 16.0 Å². The molecule has 0 saturated heterocycles. The van der Waals surface area contributed by atoms with Crippen LogP contribution in [0.4, 0.5) is 4.39 Å². The van der Waals surface area contributed by atoms with Crippen molar-refractivity contribution in [3.63, 3.8) is 0 Å². The van der Waals surface area contributed by atoms with Gasteiger partial charge in [-0.15, -0.1) is 0 Å². The third kappa shape index (κ3) is 3.70. The van der Waals surface area contributed by atoms with Crippen molar-refractivity contribution >= 4 is 23.2 Å². The van der Waals surface area contributed by atoms with Gasteiger partial charge in [-0.05, 0) is 48.8 Å². The molecule has 0 radical (unpaired) electrons. The quantitative estimate of drug-likeness (QED) is 0.581. The summed E-state index contributed by atoms with van der Waals surface area (Å²) >= 11 is 5.63. The fourth-order valence-corrected chi connectivity index (χ4v) is 4.97. The van der Waals surface area contributed by atoms with Crippen molar-refractivity contribution in [2.45, 2.75) is 38.5 Å². The Morgan fingerprint density at radius 2 is 1.79 bits per heavy atom. The van der Waals surface area contributed by atoms with Crippen molar-refractivity contribution in [3.8, 4) is 5.75 Å². The summed E-state index contributed by atoms with van der Waals surface area (Å²) in [6.45, 7) is -0.0855. The van der Waals surface area contributed by atoms with Gasteiger partial charge < -0.3 is 4.74 Å². The van der Waals surface area contributed by atoms with Gasteiger partial charge in [-0.1, -0.05) is 41.9 Å².